The van der Waals surface area contributed by atoms with E-state index in [0.717, 1.165) is 48.2 Å². The largest absolute Gasteiger partial charge is 0.493 e. The van der Waals surface area contributed by atoms with Crippen molar-refractivity contribution in [3.63, 3.8) is 0 Å². The lowest BCUT2D eigenvalue weighted by molar-refractivity contribution is 0.0629. The number of nitrogens with zero attached hydrogens (tertiary/aromatic N) is 4. The molecule has 182 valence electrons. The standard InChI is InChI=1S/C28H27N5O3/c1-2-36-26-11-18(9-16-5-3-4-6-19(16)26)28(35)33-14-22-20-12-32(13-21(20)23(22)15-33)27(34)17-7-8-24-25(10-17)30-31-29-24/h3-11,20-23H,2,12-15H2,1H3,(H,29,30,31)/t20-,21+,22?,23?. The van der Waals surface area contributed by atoms with Gasteiger partial charge in [0.2, 0.25) is 0 Å². The van der Waals surface area contributed by atoms with Gasteiger partial charge >= 0.3 is 0 Å². The highest BCUT2D eigenvalue weighted by Crippen LogP contribution is 2.54. The maximum Gasteiger partial charge on any atom is 0.254 e. The number of ether oxygens (including phenoxy) is 1. The molecule has 0 radical (unpaired) electrons. The fraction of sp³-hybridized carbons (Fsp3) is 0.357. The number of rotatable bonds is 4. The van der Waals surface area contributed by atoms with Crippen LogP contribution in [0.2, 0.25) is 0 Å². The van der Waals surface area contributed by atoms with Crippen LogP contribution in [-0.2, 0) is 0 Å². The monoisotopic (exact) mass is 481 g/mol. The molecule has 3 aliphatic rings. The summed E-state index contributed by atoms with van der Waals surface area (Å²) in [7, 11) is 0. The van der Waals surface area contributed by atoms with Crippen molar-refractivity contribution in [3.8, 4) is 5.75 Å². The Kier molecular flexibility index (Phi) is 4.77. The van der Waals surface area contributed by atoms with Gasteiger partial charge in [-0.1, -0.05) is 29.5 Å². The van der Waals surface area contributed by atoms with E-state index < -0.39 is 0 Å². The van der Waals surface area contributed by atoms with Crippen LogP contribution in [-0.4, -0.2) is 69.8 Å². The second-order valence-corrected chi connectivity index (χ2v) is 10.2. The maximum atomic E-state index is 13.5. The van der Waals surface area contributed by atoms with Crippen LogP contribution in [0.1, 0.15) is 27.6 Å². The van der Waals surface area contributed by atoms with Gasteiger partial charge in [0.1, 0.15) is 11.3 Å². The lowest BCUT2D eigenvalue weighted by Gasteiger charge is -2.42. The highest BCUT2D eigenvalue weighted by atomic mass is 16.5. The van der Waals surface area contributed by atoms with Gasteiger partial charge in [0, 0.05) is 42.7 Å². The van der Waals surface area contributed by atoms with Gasteiger partial charge < -0.3 is 14.5 Å². The van der Waals surface area contributed by atoms with Crippen LogP contribution in [0.3, 0.4) is 0 Å². The molecule has 2 unspecified atom stereocenters. The van der Waals surface area contributed by atoms with Gasteiger partial charge in [-0.15, -0.1) is 5.10 Å². The molecule has 2 aliphatic heterocycles. The summed E-state index contributed by atoms with van der Waals surface area (Å²) in [6.07, 6.45) is 0. The quantitative estimate of drug-likeness (QED) is 0.481. The number of carbonyl (C=O) groups is 2. The Balaban J connectivity index is 1.06. The van der Waals surface area contributed by atoms with Crippen molar-refractivity contribution in [2.45, 2.75) is 6.92 Å². The van der Waals surface area contributed by atoms with E-state index in [1.807, 2.05) is 71.3 Å². The number of aromatic nitrogens is 3. The second kappa shape index (κ2) is 8.05. The van der Waals surface area contributed by atoms with E-state index in [2.05, 4.69) is 15.4 Å². The summed E-state index contributed by atoms with van der Waals surface area (Å²) in [5.41, 5.74) is 2.87. The minimum absolute atomic E-state index is 0.0555. The van der Waals surface area contributed by atoms with E-state index in [-0.39, 0.29) is 11.8 Å². The molecule has 8 heteroatoms. The molecule has 1 aromatic heterocycles. The van der Waals surface area contributed by atoms with Crippen LogP contribution in [0.5, 0.6) is 5.75 Å². The molecule has 1 saturated carbocycles. The van der Waals surface area contributed by atoms with Crippen molar-refractivity contribution in [1.29, 1.82) is 0 Å². The number of H-pyrrole nitrogens is 1. The van der Waals surface area contributed by atoms with Gasteiger partial charge in [-0.05, 0) is 66.3 Å². The van der Waals surface area contributed by atoms with Crippen molar-refractivity contribution in [2.75, 3.05) is 32.8 Å². The Morgan fingerprint density at radius 3 is 2.25 bits per heavy atom. The molecular formula is C28H27N5O3. The fourth-order valence-electron chi connectivity index (χ4n) is 6.72. The molecule has 36 heavy (non-hydrogen) atoms. The van der Waals surface area contributed by atoms with E-state index in [9.17, 15) is 9.59 Å². The van der Waals surface area contributed by atoms with E-state index in [1.54, 1.807) is 0 Å². The molecule has 4 aromatic rings. The molecule has 0 bridgehead atoms. The van der Waals surface area contributed by atoms with Crippen LogP contribution in [0.4, 0.5) is 0 Å². The second-order valence-electron chi connectivity index (χ2n) is 10.2. The Morgan fingerprint density at radius 1 is 0.889 bits per heavy atom. The zero-order valence-corrected chi connectivity index (χ0v) is 20.1. The highest BCUT2D eigenvalue weighted by Gasteiger charge is 2.59. The SMILES string of the molecule is CCOc1cc(C(=O)N2CC3C(C2)[C@@H]2CN(C(=O)c4ccc5[nH]nnc5c4)C[C@H]32)cc2ccccc12. The van der Waals surface area contributed by atoms with Crippen LogP contribution in [0, 0.1) is 23.7 Å². The zero-order chi connectivity index (χ0) is 24.4. The number of aromatic amines is 1. The van der Waals surface area contributed by atoms with Crippen LogP contribution >= 0.6 is 0 Å². The molecule has 1 aliphatic carbocycles. The van der Waals surface area contributed by atoms with E-state index in [0.29, 0.717) is 46.9 Å². The van der Waals surface area contributed by atoms with E-state index in [4.69, 9.17) is 4.74 Å². The normalized spacial score (nSPS) is 24.6. The lowest BCUT2D eigenvalue weighted by atomic mass is 9.60. The Morgan fingerprint density at radius 2 is 1.56 bits per heavy atom. The number of benzene rings is 3. The summed E-state index contributed by atoms with van der Waals surface area (Å²) in [5, 5.41) is 12.7. The first-order valence-electron chi connectivity index (χ1n) is 12.7. The van der Waals surface area contributed by atoms with Gasteiger partial charge in [-0.3, -0.25) is 14.7 Å². The topological polar surface area (TPSA) is 91.4 Å². The van der Waals surface area contributed by atoms with Gasteiger partial charge in [-0.2, -0.15) is 0 Å². The number of nitrogens with one attached hydrogen (secondary N) is 1. The van der Waals surface area contributed by atoms with Gasteiger partial charge in [0.15, 0.2) is 0 Å². The van der Waals surface area contributed by atoms with Gasteiger partial charge in [-0.25, -0.2) is 0 Å². The van der Waals surface area contributed by atoms with Crippen molar-refractivity contribution in [1.82, 2.24) is 25.2 Å². The molecule has 3 fully saturated rings. The van der Waals surface area contributed by atoms with Crippen molar-refractivity contribution >= 4 is 33.6 Å². The van der Waals surface area contributed by atoms with Crippen molar-refractivity contribution < 1.29 is 14.3 Å². The minimum atomic E-state index is 0.0555. The summed E-state index contributed by atoms with van der Waals surface area (Å²) < 4.78 is 5.86. The Bertz CT molecular complexity index is 1490. The van der Waals surface area contributed by atoms with E-state index in [1.165, 1.54) is 0 Å². The third kappa shape index (κ3) is 3.20. The number of likely N-dealkylation sites (tertiary alicyclic amines) is 2. The Labute approximate surface area is 208 Å². The lowest BCUT2D eigenvalue weighted by Crippen LogP contribution is -2.44. The van der Waals surface area contributed by atoms with Crippen LogP contribution in [0.15, 0.2) is 54.6 Å². The third-order valence-corrected chi connectivity index (χ3v) is 8.44. The molecule has 2 saturated heterocycles. The summed E-state index contributed by atoms with van der Waals surface area (Å²) in [6.45, 7) is 5.55. The highest BCUT2D eigenvalue weighted by molar-refractivity contribution is 6.01. The van der Waals surface area contributed by atoms with Crippen molar-refractivity contribution in [2.24, 2.45) is 23.7 Å². The third-order valence-electron chi connectivity index (χ3n) is 8.44. The molecule has 7 rings (SSSR count). The molecule has 1 N–H and O–H groups in total. The number of amides is 2. The summed E-state index contributed by atoms with van der Waals surface area (Å²) in [6, 6.07) is 17.4. The zero-order valence-electron chi connectivity index (χ0n) is 20.1. The molecule has 3 aromatic carbocycles. The number of fused-ring (bicyclic) bond motifs is 6. The number of hydrogen-bond donors (Lipinski definition) is 1. The predicted molar refractivity (Wildman–Crippen MR) is 135 cm³/mol. The summed E-state index contributed by atoms with van der Waals surface area (Å²) in [4.78, 5) is 30.7. The summed E-state index contributed by atoms with van der Waals surface area (Å²) in [5.74, 6) is 2.73. The number of hydrogen-bond acceptors (Lipinski definition) is 5. The molecule has 0 spiro atoms. The van der Waals surface area contributed by atoms with Crippen LogP contribution < -0.4 is 4.74 Å². The maximum absolute atomic E-state index is 13.5. The first-order valence-corrected chi connectivity index (χ1v) is 12.7. The molecule has 3 heterocycles. The van der Waals surface area contributed by atoms with Gasteiger partial charge in [0.05, 0.1) is 12.1 Å². The molecule has 4 atom stereocenters. The molecule has 2 amide bonds. The van der Waals surface area contributed by atoms with E-state index >= 15 is 0 Å². The van der Waals surface area contributed by atoms with Crippen LogP contribution in [0.25, 0.3) is 21.8 Å². The number of carbonyl (C=O) groups excluding carboxylic acids is 2. The van der Waals surface area contributed by atoms with Gasteiger partial charge in [0.25, 0.3) is 11.8 Å². The predicted octanol–water partition coefficient (Wildman–Crippen LogP) is 3.60. The average Bonchev–Trinajstić information content (AvgIpc) is 3.62. The van der Waals surface area contributed by atoms with Crippen molar-refractivity contribution in [3.05, 3.63) is 65.7 Å². The fourth-order valence-corrected chi connectivity index (χ4v) is 6.72. The summed E-state index contributed by atoms with van der Waals surface area (Å²) >= 11 is 0. The smallest absolute Gasteiger partial charge is 0.254 e. The minimum Gasteiger partial charge on any atom is -0.493 e. The first-order chi connectivity index (χ1) is 17.6. The first kappa shape index (κ1) is 21.4. The average molecular weight is 482 g/mol. The molecular weight excluding hydrogens is 454 g/mol. The Hall–Kier alpha value is -3.94. The molecule has 8 nitrogen and oxygen atoms in total.